The van der Waals surface area contributed by atoms with Gasteiger partial charge in [-0.15, -0.1) is 0 Å². The van der Waals surface area contributed by atoms with E-state index in [1.807, 2.05) is 29.5 Å². The van der Waals surface area contributed by atoms with Gasteiger partial charge in [-0.05, 0) is 42.5 Å². The van der Waals surface area contributed by atoms with E-state index in [1.54, 1.807) is 0 Å². The summed E-state index contributed by atoms with van der Waals surface area (Å²) in [5, 5.41) is 10.8. The SMILES string of the molecule is CCOc1cc(C(C)=O)c([N+](=O)[O-])cc1I. The van der Waals surface area contributed by atoms with E-state index >= 15 is 0 Å². The molecule has 5 nitrogen and oxygen atoms in total. The predicted molar refractivity (Wildman–Crippen MR) is 67.0 cm³/mol. The Hall–Kier alpha value is -1.18. The first-order valence-electron chi connectivity index (χ1n) is 4.59. The largest absolute Gasteiger partial charge is 0.493 e. The molecule has 0 amide bonds. The van der Waals surface area contributed by atoms with Gasteiger partial charge in [0.25, 0.3) is 5.69 Å². The zero-order valence-corrected chi connectivity index (χ0v) is 11.0. The number of Topliss-reactive ketones (excluding diaryl/α,β-unsaturated/α-hetero) is 1. The van der Waals surface area contributed by atoms with E-state index < -0.39 is 4.92 Å². The first-order chi connectivity index (χ1) is 7.47. The Kier molecular flexibility index (Phi) is 4.22. The number of nitro groups is 1. The molecule has 0 heterocycles. The van der Waals surface area contributed by atoms with Gasteiger partial charge in [-0.2, -0.15) is 0 Å². The monoisotopic (exact) mass is 335 g/mol. The zero-order chi connectivity index (χ0) is 12.3. The molecule has 0 atom stereocenters. The van der Waals surface area contributed by atoms with Crippen molar-refractivity contribution in [3.63, 3.8) is 0 Å². The van der Waals surface area contributed by atoms with Crippen LogP contribution >= 0.6 is 22.6 Å². The lowest BCUT2D eigenvalue weighted by molar-refractivity contribution is -0.385. The molecule has 1 aromatic carbocycles. The highest BCUT2D eigenvalue weighted by atomic mass is 127. The summed E-state index contributed by atoms with van der Waals surface area (Å²) >= 11 is 1.94. The quantitative estimate of drug-likeness (QED) is 0.367. The van der Waals surface area contributed by atoms with Crippen LogP contribution in [0.4, 0.5) is 5.69 Å². The van der Waals surface area contributed by atoms with Gasteiger partial charge in [-0.25, -0.2) is 0 Å². The lowest BCUT2D eigenvalue weighted by Crippen LogP contribution is -2.03. The first-order valence-corrected chi connectivity index (χ1v) is 5.67. The maximum atomic E-state index is 11.3. The standard InChI is InChI=1S/C10H10INO4/c1-3-16-10-4-7(6(2)13)9(12(14)15)5-8(10)11/h4-5H,3H2,1-2H3. The number of benzene rings is 1. The van der Waals surface area contributed by atoms with Crippen LogP contribution in [-0.4, -0.2) is 17.3 Å². The maximum absolute atomic E-state index is 11.3. The molecule has 1 aromatic rings. The van der Waals surface area contributed by atoms with Gasteiger partial charge in [0.05, 0.1) is 20.7 Å². The van der Waals surface area contributed by atoms with Crippen LogP contribution in [0.15, 0.2) is 12.1 Å². The third-order valence-electron chi connectivity index (χ3n) is 1.93. The van der Waals surface area contributed by atoms with Gasteiger partial charge in [-0.3, -0.25) is 14.9 Å². The van der Waals surface area contributed by atoms with Crippen molar-refractivity contribution in [1.82, 2.24) is 0 Å². The van der Waals surface area contributed by atoms with Gasteiger partial charge < -0.3 is 4.74 Å². The lowest BCUT2D eigenvalue weighted by Gasteiger charge is -2.07. The molecule has 0 saturated heterocycles. The van der Waals surface area contributed by atoms with Gasteiger partial charge in [0.1, 0.15) is 5.75 Å². The van der Waals surface area contributed by atoms with Crippen molar-refractivity contribution in [3.8, 4) is 5.75 Å². The number of carbonyl (C=O) groups is 1. The van der Waals surface area contributed by atoms with E-state index in [0.717, 1.165) is 0 Å². The minimum Gasteiger partial charge on any atom is -0.493 e. The van der Waals surface area contributed by atoms with Crippen LogP contribution in [0, 0.1) is 13.7 Å². The third-order valence-corrected chi connectivity index (χ3v) is 2.77. The highest BCUT2D eigenvalue weighted by Crippen LogP contribution is 2.30. The second-order valence-corrected chi connectivity index (χ2v) is 4.21. The fraction of sp³-hybridized carbons (Fsp3) is 0.300. The van der Waals surface area contributed by atoms with Crippen molar-refractivity contribution < 1.29 is 14.5 Å². The number of nitrogens with zero attached hydrogens (tertiary/aromatic N) is 1. The van der Waals surface area contributed by atoms with E-state index in [9.17, 15) is 14.9 Å². The summed E-state index contributed by atoms with van der Waals surface area (Å²) in [6, 6.07) is 2.77. The van der Waals surface area contributed by atoms with E-state index in [-0.39, 0.29) is 17.0 Å². The maximum Gasteiger partial charge on any atom is 0.281 e. The second kappa shape index (κ2) is 5.24. The van der Waals surface area contributed by atoms with E-state index in [4.69, 9.17) is 4.74 Å². The van der Waals surface area contributed by atoms with Crippen molar-refractivity contribution in [2.24, 2.45) is 0 Å². The van der Waals surface area contributed by atoms with Crippen molar-refractivity contribution in [2.75, 3.05) is 6.61 Å². The van der Waals surface area contributed by atoms with Crippen LogP contribution in [0.25, 0.3) is 0 Å². The number of hydrogen-bond donors (Lipinski definition) is 0. The van der Waals surface area contributed by atoms with Crippen molar-refractivity contribution in [1.29, 1.82) is 0 Å². The molecule has 0 aromatic heterocycles. The molecule has 0 aliphatic heterocycles. The Morgan fingerprint density at radius 1 is 1.56 bits per heavy atom. The Morgan fingerprint density at radius 3 is 2.62 bits per heavy atom. The topological polar surface area (TPSA) is 69.4 Å². The number of nitro benzene ring substituents is 1. The summed E-state index contributed by atoms with van der Waals surface area (Å²) < 4.78 is 5.90. The Morgan fingerprint density at radius 2 is 2.19 bits per heavy atom. The summed E-state index contributed by atoms with van der Waals surface area (Å²) in [7, 11) is 0. The molecule has 1 rings (SSSR count). The van der Waals surface area contributed by atoms with Gasteiger partial charge in [0.15, 0.2) is 5.78 Å². The minimum absolute atomic E-state index is 0.0777. The van der Waals surface area contributed by atoms with Gasteiger partial charge >= 0.3 is 0 Å². The average Bonchev–Trinajstić information content (AvgIpc) is 2.20. The normalized spacial score (nSPS) is 9.94. The molecule has 0 N–H and O–H groups in total. The van der Waals surface area contributed by atoms with Gasteiger partial charge in [0, 0.05) is 6.07 Å². The minimum atomic E-state index is -0.561. The van der Waals surface area contributed by atoms with Crippen LogP contribution in [-0.2, 0) is 0 Å². The first kappa shape index (κ1) is 12.9. The fourth-order valence-corrected chi connectivity index (χ4v) is 1.85. The Balaban J connectivity index is 3.37. The number of hydrogen-bond acceptors (Lipinski definition) is 4. The number of carbonyl (C=O) groups excluding carboxylic acids is 1. The summed E-state index contributed by atoms with van der Waals surface area (Å²) in [6.45, 7) is 3.56. The molecular formula is C10H10INO4. The molecule has 0 aliphatic carbocycles. The van der Waals surface area contributed by atoms with E-state index in [0.29, 0.717) is 15.9 Å². The van der Waals surface area contributed by atoms with Gasteiger partial charge in [-0.1, -0.05) is 0 Å². The van der Waals surface area contributed by atoms with E-state index in [1.165, 1.54) is 19.1 Å². The van der Waals surface area contributed by atoms with Gasteiger partial charge in [0.2, 0.25) is 0 Å². The van der Waals surface area contributed by atoms with Crippen LogP contribution in [0.3, 0.4) is 0 Å². The second-order valence-electron chi connectivity index (χ2n) is 3.05. The Labute approximate surface area is 106 Å². The zero-order valence-electron chi connectivity index (χ0n) is 8.82. The van der Waals surface area contributed by atoms with Crippen LogP contribution < -0.4 is 4.74 Å². The highest BCUT2D eigenvalue weighted by Gasteiger charge is 2.20. The number of ether oxygens (including phenoxy) is 1. The summed E-state index contributed by atoms with van der Waals surface area (Å²) in [5.41, 5.74) is -0.103. The van der Waals surface area contributed by atoms with Crippen LogP contribution in [0.1, 0.15) is 24.2 Å². The average molecular weight is 335 g/mol. The lowest BCUT2D eigenvalue weighted by atomic mass is 10.1. The number of rotatable bonds is 4. The molecule has 16 heavy (non-hydrogen) atoms. The number of ketones is 1. The molecular weight excluding hydrogens is 325 g/mol. The molecule has 0 unspecified atom stereocenters. The molecule has 6 heteroatoms. The fourth-order valence-electron chi connectivity index (χ4n) is 1.24. The predicted octanol–water partition coefficient (Wildman–Crippen LogP) is 2.80. The smallest absolute Gasteiger partial charge is 0.281 e. The molecule has 0 aliphatic rings. The van der Waals surface area contributed by atoms with Crippen molar-refractivity contribution >= 4 is 34.1 Å². The molecule has 86 valence electrons. The van der Waals surface area contributed by atoms with Crippen LogP contribution in [0.5, 0.6) is 5.75 Å². The molecule has 0 saturated carbocycles. The highest BCUT2D eigenvalue weighted by molar-refractivity contribution is 14.1. The molecule has 0 bridgehead atoms. The molecule has 0 fully saturated rings. The molecule has 0 spiro atoms. The third kappa shape index (κ3) is 2.69. The summed E-state index contributed by atoms with van der Waals surface area (Å²) in [6.07, 6.45) is 0. The van der Waals surface area contributed by atoms with Crippen molar-refractivity contribution in [2.45, 2.75) is 13.8 Å². The summed E-state index contributed by atoms with van der Waals surface area (Å²) in [5.74, 6) is 0.156. The molecule has 0 radical (unpaired) electrons. The van der Waals surface area contributed by atoms with Crippen LogP contribution in [0.2, 0.25) is 0 Å². The van der Waals surface area contributed by atoms with E-state index in [2.05, 4.69) is 0 Å². The summed E-state index contributed by atoms with van der Waals surface area (Å²) in [4.78, 5) is 21.5. The van der Waals surface area contributed by atoms with Crippen molar-refractivity contribution in [3.05, 3.63) is 31.4 Å². The number of halogens is 1. The Bertz CT molecular complexity index is 445.